The van der Waals surface area contributed by atoms with Crippen LogP contribution in [0.5, 0.6) is 5.75 Å². The van der Waals surface area contributed by atoms with Crippen molar-refractivity contribution in [3.63, 3.8) is 0 Å². The van der Waals surface area contributed by atoms with Gasteiger partial charge in [0.15, 0.2) is 9.84 Å². The van der Waals surface area contributed by atoms with E-state index in [2.05, 4.69) is 0 Å². The highest BCUT2D eigenvalue weighted by Crippen LogP contribution is 2.34. The number of halogens is 7. The molecule has 0 saturated carbocycles. The summed E-state index contributed by atoms with van der Waals surface area (Å²) in [6, 6.07) is 10.1. The molecule has 0 atom stereocenters. The van der Waals surface area contributed by atoms with E-state index in [1.165, 1.54) is 18.2 Å². The zero-order chi connectivity index (χ0) is 29.7. The highest BCUT2D eigenvalue weighted by molar-refractivity contribution is 7.90. The number of sulfone groups is 1. The fraction of sp³-hybridized carbons (Fsp3) is 0.333. The minimum Gasteiger partial charge on any atom is -0.494 e. The SMILES string of the molecule is CS(=O)(=O)c1cc(OCCCN(Cc2cccc(C(F)(F)F)c2F)CC(F)(F)c2ccc(F)cc2)ccc1CO. The summed E-state index contributed by atoms with van der Waals surface area (Å²) in [6.45, 7) is -2.40. The van der Waals surface area contributed by atoms with E-state index in [1.54, 1.807) is 0 Å². The number of rotatable bonds is 12. The molecule has 3 aromatic rings. The van der Waals surface area contributed by atoms with Crippen molar-refractivity contribution in [1.82, 2.24) is 4.90 Å². The third kappa shape index (κ3) is 8.18. The summed E-state index contributed by atoms with van der Waals surface area (Å²) in [5.74, 6) is -5.73. The highest BCUT2D eigenvalue weighted by atomic mass is 32.2. The van der Waals surface area contributed by atoms with Gasteiger partial charge in [-0.3, -0.25) is 4.90 Å². The molecule has 0 spiro atoms. The first-order valence-corrected chi connectivity index (χ1v) is 13.8. The number of ether oxygens (including phenoxy) is 1. The molecule has 0 fully saturated rings. The molecule has 5 nitrogen and oxygen atoms in total. The Balaban J connectivity index is 1.78. The summed E-state index contributed by atoms with van der Waals surface area (Å²) < 4.78 is 127. The molecule has 0 aromatic heterocycles. The molecule has 0 radical (unpaired) electrons. The van der Waals surface area contributed by atoms with E-state index in [-0.39, 0.29) is 35.8 Å². The Bertz CT molecular complexity index is 1410. The molecular formula is C27H26F7NO4S. The fourth-order valence-electron chi connectivity index (χ4n) is 4.02. The zero-order valence-electron chi connectivity index (χ0n) is 21.2. The summed E-state index contributed by atoms with van der Waals surface area (Å²) in [4.78, 5) is 0.912. The van der Waals surface area contributed by atoms with Gasteiger partial charge < -0.3 is 9.84 Å². The van der Waals surface area contributed by atoms with Gasteiger partial charge in [-0.15, -0.1) is 0 Å². The largest absolute Gasteiger partial charge is 0.494 e. The van der Waals surface area contributed by atoms with Crippen molar-refractivity contribution in [3.05, 3.63) is 94.6 Å². The Labute approximate surface area is 226 Å². The Morgan fingerprint density at radius 2 is 1.60 bits per heavy atom. The second-order valence-corrected chi connectivity index (χ2v) is 11.1. The minimum absolute atomic E-state index is 0.0516. The van der Waals surface area contributed by atoms with Crippen LogP contribution in [-0.4, -0.2) is 44.4 Å². The van der Waals surface area contributed by atoms with Crippen molar-refractivity contribution < 1.29 is 49.0 Å². The van der Waals surface area contributed by atoms with Crippen LogP contribution in [0.2, 0.25) is 0 Å². The maximum Gasteiger partial charge on any atom is 0.419 e. The lowest BCUT2D eigenvalue weighted by Gasteiger charge is -2.28. The first-order valence-electron chi connectivity index (χ1n) is 11.9. The van der Waals surface area contributed by atoms with Gasteiger partial charge in [-0.2, -0.15) is 22.0 Å². The Morgan fingerprint density at radius 3 is 2.20 bits per heavy atom. The normalized spacial score (nSPS) is 12.7. The van der Waals surface area contributed by atoms with Gasteiger partial charge in [0.05, 0.1) is 30.2 Å². The van der Waals surface area contributed by atoms with Crippen LogP contribution >= 0.6 is 0 Å². The van der Waals surface area contributed by atoms with Crippen molar-refractivity contribution in [2.45, 2.75) is 36.6 Å². The van der Waals surface area contributed by atoms with E-state index in [1.807, 2.05) is 0 Å². The standard InChI is InChI=1S/C27H26F7NO4S/c1-40(37,38)24-14-22(11-6-19(24)16-36)39-13-3-12-35(17-26(30,31)20-7-9-21(28)10-8-20)15-18-4-2-5-23(25(18)29)27(32,33)34/h2,4-11,14,36H,3,12-13,15-17H2,1H3. The number of hydrogen-bond donors (Lipinski definition) is 1. The molecular weight excluding hydrogens is 567 g/mol. The quantitative estimate of drug-likeness (QED) is 0.208. The lowest BCUT2D eigenvalue weighted by Crippen LogP contribution is -2.36. The number of aliphatic hydroxyl groups is 1. The number of aliphatic hydroxyl groups excluding tert-OH is 1. The Hall–Kier alpha value is -3.16. The van der Waals surface area contributed by atoms with Gasteiger partial charge in [0, 0.05) is 30.5 Å². The molecule has 0 unspecified atom stereocenters. The maximum absolute atomic E-state index is 15.1. The van der Waals surface area contributed by atoms with Crippen LogP contribution in [0.3, 0.4) is 0 Å². The molecule has 0 bridgehead atoms. The molecule has 0 aliphatic carbocycles. The van der Waals surface area contributed by atoms with E-state index in [0.29, 0.717) is 6.07 Å². The molecule has 0 heterocycles. The third-order valence-corrected chi connectivity index (χ3v) is 7.14. The predicted molar refractivity (Wildman–Crippen MR) is 133 cm³/mol. The molecule has 40 heavy (non-hydrogen) atoms. The van der Waals surface area contributed by atoms with Crippen molar-refractivity contribution in [2.75, 3.05) is 26.0 Å². The average molecular weight is 594 g/mol. The molecule has 1 N–H and O–H groups in total. The van der Waals surface area contributed by atoms with E-state index in [9.17, 15) is 35.5 Å². The van der Waals surface area contributed by atoms with E-state index in [0.717, 1.165) is 47.6 Å². The fourth-order valence-corrected chi connectivity index (χ4v) is 4.96. The van der Waals surface area contributed by atoms with Gasteiger partial charge in [0.25, 0.3) is 5.92 Å². The summed E-state index contributed by atoms with van der Waals surface area (Å²) in [5, 5.41) is 9.36. The number of nitrogens with zero attached hydrogens (tertiary/aromatic N) is 1. The maximum atomic E-state index is 15.1. The second kappa shape index (κ2) is 12.6. The summed E-state index contributed by atoms with van der Waals surface area (Å²) >= 11 is 0. The molecule has 0 saturated heterocycles. The summed E-state index contributed by atoms with van der Waals surface area (Å²) in [6.07, 6.45) is -3.97. The van der Waals surface area contributed by atoms with E-state index in [4.69, 9.17) is 4.74 Å². The summed E-state index contributed by atoms with van der Waals surface area (Å²) in [7, 11) is -3.68. The molecule has 3 aromatic carbocycles. The van der Waals surface area contributed by atoms with Crippen molar-refractivity contribution in [1.29, 1.82) is 0 Å². The molecule has 0 aliphatic rings. The highest BCUT2D eigenvalue weighted by Gasteiger charge is 2.37. The van der Waals surface area contributed by atoms with Crippen LogP contribution in [0.1, 0.15) is 28.7 Å². The van der Waals surface area contributed by atoms with E-state index < -0.39 is 70.0 Å². The van der Waals surface area contributed by atoms with E-state index >= 15 is 8.78 Å². The van der Waals surface area contributed by atoms with Gasteiger partial charge >= 0.3 is 6.18 Å². The van der Waals surface area contributed by atoms with Gasteiger partial charge in [-0.25, -0.2) is 17.2 Å². The minimum atomic E-state index is -4.98. The van der Waals surface area contributed by atoms with Crippen molar-refractivity contribution in [3.8, 4) is 5.75 Å². The monoisotopic (exact) mass is 593 g/mol. The second-order valence-electron chi connectivity index (χ2n) is 9.10. The molecule has 0 amide bonds. The number of benzene rings is 3. The first kappa shape index (κ1) is 31.4. The van der Waals surface area contributed by atoms with Gasteiger partial charge in [0.2, 0.25) is 0 Å². The molecule has 0 aliphatic heterocycles. The smallest absolute Gasteiger partial charge is 0.419 e. The van der Waals surface area contributed by atoms with Crippen LogP contribution in [-0.2, 0) is 35.1 Å². The number of alkyl halides is 5. The van der Waals surface area contributed by atoms with Crippen LogP contribution < -0.4 is 4.74 Å². The average Bonchev–Trinajstić information content (AvgIpc) is 2.86. The van der Waals surface area contributed by atoms with Crippen LogP contribution in [0.4, 0.5) is 30.7 Å². The Kier molecular flexibility index (Phi) is 9.85. The summed E-state index contributed by atoms with van der Waals surface area (Å²) in [5.41, 5.74) is -2.33. The van der Waals surface area contributed by atoms with Gasteiger partial charge in [0.1, 0.15) is 17.4 Å². The lowest BCUT2D eigenvalue weighted by molar-refractivity contribution is -0.140. The van der Waals surface area contributed by atoms with Gasteiger partial charge in [-0.1, -0.05) is 30.3 Å². The van der Waals surface area contributed by atoms with Crippen LogP contribution in [0.25, 0.3) is 0 Å². The lowest BCUT2D eigenvalue weighted by atomic mass is 10.1. The Morgan fingerprint density at radius 1 is 0.925 bits per heavy atom. The molecule has 218 valence electrons. The van der Waals surface area contributed by atoms with Crippen molar-refractivity contribution in [2.24, 2.45) is 0 Å². The van der Waals surface area contributed by atoms with Crippen molar-refractivity contribution >= 4 is 9.84 Å². The number of hydrogen-bond acceptors (Lipinski definition) is 5. The van der Waals surface area contributed by atoms with Crippen LogP contribution in [0, 0.1) is 11.6 Å². The molecule has 3 rings (SSSR count). The molecule has 13 heteroatoms. The predicted octanol–water partition coefficient (Wildman–Crippen LogP) is 5.94. The third-order valence-electron chi connectivity index (χ3n) is 5.96. The first-order chi connectivity index (χ1) is 18.6. The van der Waals surface area contributed by atoms with Gasteiger partial charge in [-0.05, 0) is 42.3 Å². The zero-order valence-corrected chi connectivity index (χ0v) is 22.0. The van der Waals surface area contributed by atoms with Crippen LogP contribution in [0.15, 0.2) is 65.6 Å². The topological polar surface area (TPSA) is 66.8 Å².